The molecule has 0 bridgehead atoms. The molecule has 200 valence electrons. The summed E-state index contributed by atoms with van der Waals surface area (Å²) in [6.45, 7) is 12.3. The molecular weight excluding hydrogens is 546 g/mol. The van der Waals surface area contributed by atoms with Crippen LogP contribution >= 0.6 is 27.7 Å². The third kappa shape index (κ3) is 8.64. The van der Waals surface area contributed by atoms with Gasteiger partial charge < -0.3 is 15.4 Å². The minimum atomic E-state index is -0.0425. The highest BCUT2D eigenvalue weighted by molar-refractivity contribution is 9.10. The number of aromatic nitrogens is 1. The average Bonchev–Trinajstić information content (AvgIpc) is 3.39. The molecule has 1 aromatic carbocycles. The SMILES string of the molecule is CCCC=C(S/C(CCC(C)C)=C(\C)CC)C(=O)Nc1cccc(CNc2ncc(Br)c3c2CCO3)c1. The van der Waals surface area contributed by atoms with E-state index in [1.807, 2.05) is 18.2 Å². The second-order valence-electron chi connectivity index (χ2n) is 9.82. The van der Waals surface area contributed by atoms with Gasteiger partial charge in [-0.3, -0.25) is 4.79 Å². The van der Waals surface area contributed by atoms with Gasteiger partial charge in [-0.05, 0) is 77.1 Å². The summed E-state index contributed by atoms with van der Waals surface area (Å²) in [6, 6.07) is 8.00. The maximum atomic E-state index is 13.4. The summed E-state index contributed by atoms with van der Waals surface area (Å²) in [7, 11) is 0. The lowest BCUT2D eigenvalue weighted by Gasteiger charge is -2.16. The van der Waals surface area contributed by atoms with Gasteiger partial charge in [-0.1, -0.05) is 69.7 Å². The number of thioether (sulfide) groups is 1. The van der Waals surface area contributed by atoms with Crippen LogP contribution in [0.25, 0.3) is 0 Å². The fourth-order valence-corrected chi connectivity index (χ4v) is 5.60. The summed E-state index contributed by atoms with van der Waals surface area (Å²) >= 11 is 5.16. The molecule has 5 nitrogen and oxygen atoms in total. The Kier molecular flexibility index (Phi) is 11.6. The molecule has 1 aromatic heterocycles. The highest BCUT2D eigenvalue weighted by atomic mass is 79.9. The van der Waals surface area contributed by atoms with Crippen molar-refractivity contribution >= 4 is 45.1 Å². The zero-order valence-electron chi connectivity index (χ0n) is 22.7. The summed E-state index contributed by atoms with van der Waals surface area (Å²) in [5.41, 5.74) is 4.34. The molecule has 2 aromatic rings. The molecule has 0 saturated heterocycles. The summed E-state index contributed by atoms with van der Waals surface area (Å²) < 4.78 is 6.61. The number of rotatable bonds is 13. The van der Waals surface area contributed by atoms with Crippen molar-refractivity contribution in [1.82, 2.24) is 4.98 Å². The van der Waals surface area contributed by atoms with Gasteiger partial charge in [0.15, 0.2) is 0 Å². The Balaban J connectivity index is 1.70. The van der Waals surface area contributed by atoms with Crippen LogP contribution in [0.3, 0.4) is 0 Å². The van der Waals surface area contributed by atoms with Gasteiger partial charge in [0.2, 0.25) is 0 Å². The zero-order chi connectivity index (χ0) is 26.8. The molecule has 3 rings (SSSR count). The fourth-order valence-electron chi connectivity index (χ4n) is 4.00. The van der Waals surface area contributed by atoms with Crippen molar-refractivity contribution in [2.45, 2.75) is 79.7 Å². The number of carbonyl (C=O) groups is 1. The molecule has 2 N–H and O–H groups in total. The Morgan fingerprint density at radius 1 is 1.30 bits per heavy atom. The number of pyridine rings is 1. The van der Waals surface area contributed by atoms with E-state index in [1.54, 1.807) is 18.0 Å². The first-order chi connectivity index (χ1) is 17.8. The summed E-state index contributed by atoms with van der Waals surface area (Å²) in [5.74, 6) is 2.31. The van der Waals surface area contributed by atoms with E-state index in [1.165, 1.54) is 10.5 Å². The lowest BCUT2D eigenvalue weighted by Crippen LogP contribution is -2.14. The molecule has 0 saturated carbocycles. The third-order valence-corrected chi connectivity index (χ3v) is 8.29. The van der Waals surface area contributed by atoms with E-state index >= 15 is 0 Å². The van der Waals surface area contributed by atoms with Crippen LogP contribution in [0.2, 0.25) is 0 Å². The van der Waals surface area contributed by atoms with E-state index in [0.29, 0.717) is 19.1 Å². The van der Waals surface area contributed by atoms with Crippen molar-refractivity contribution in [3.05, 3.63) is 67.5 Å². The molecule has 0 aliphatic carbocycles. The molecule has 0 atom stereocenters. The van der Waals surface area contributed by atoms with Crippen LogP contribution in [0.15, 0.2) is 56.4 Å². The van der Waals surface area contributed by atoms with Crippen molar-refractivity contribution in [2.24, 2.45) is 5.92 Å². The van der Waals surface area contributed by atoms with Crippen LogP contribution in [0.1, 0.15) is 77.8 Å². The minimum absolute atomic E-state index is 0.0425. The first kappa shape index (κ1) is 29.3. The Bertz CT molecular complexity index is 1140. The number of allylic oxidation sites excluding steroid dienone is 3. The number of fused-ring (bicyclic) bond motifs is 1. The number of hydrogen-bond donors (Lipinski definition) is 2. The number of amides is 1. The summed E-state index contributed by atoms with van der Waals surface area (Å²) in [6.07, 6.45) is 9.74. The van der Waals surface area contributed by atoms with Crippen molar-refractivity contribution in [3.63, 3.8) is 0 Å². The predicted octanol–water partition coefficient (Wildman–Crippen LogP) is 8.87. The molecule has 0 unspecified atom stereocenters. The average molecular weight is 587 g/mol. The summed E-state index contributed by atoms with van der Waals surface area (Å²) in [5, 5.41) is 6.59. The quantitative estimate of drug-likeness (QED) is 0.230. The number of halogens is 1. The molecule has 0 spiro atoms. The van der Waals surface area contributed by atoms with Crippen LogP contribution < -0.4 is 15.4 Å². The van der Waals surface area contributed by atoms with Crippen molar-refractivity contribution < 1.29 is 9.53 Å². The smallest absolute Gasteiger partial charge is 0.262 e. The Morgan fingerprint density at radius 2 is 2.11 bits per heavy atom. The zero-order valence-corrected chi connectivity index (χ0v) is 25.2. The van der Waals surface area contributed by atoms with Gasteiger partial charge >= 0.3 is 0 Å². The standard InChI is InChI=1S/C30H40BrN3O2S/c1-6-8-12-27(37-26(21(5)7-2)14-13-20(3)4)30(35)34-23-11-9-10-22(17-23)18-32-29-24-15-16-36-28(24)25(31)19-33-29/h9-12,17,19-20H,6-8,13-16,18H2,1-5H3,(H,32,33)(H,34,35)/b26-21+,27-12?. The molecular formula is C30H40BrN3O2S. The first-order valence-electron chi connectivity index (χ1n) is 13.3. The number of carbonyl (C=O) groups excluding carboxylic acids is 1. The van der Waals surface area contributed by atoms with E-state index < -0.39 is 0 Å². The number of unbranched alkanes of at least 4 members (excludes halogenated alkanes) is 1. The Labute approximate surface area is 235 Å². The van der Waals surface area contributed by atoms with Gasteiger partial charge in [-0.15, -0.1) is 0 Å². The van der Waals surface area contributed by atoms with Gasteiger partial charge in [-0.2, -0.15) is 0 Å². The van der Waals surface area contributed by atoms with Gasteiger partial charge in [0.05, 0.1) is 16.0 Å². The van der Waals surface area contributed by atoms with Crippen LogP contribution in [-0.2, 0) is 17.8 Å². The van der Waals surface area contributed by atoms with Crippen molar-refractivity contribution in [1.29, 1.82) is 0 Å². The molecule has 0 radical (unpaired) electrons. The topological polar surface area (TPSA) is 63.2 Å². The molecule has 1 amide bonds. The minimum Gasteiger partial charge on any atom is -0.492 e. The normalized spacial score (nSPS) is 13.8. The van der Waals surface area contributed by atoms with Gasteiger partial charge in [0.1, 0.15) is 11.6 Å². The maximum absolute atomic E-state index is 13.4. The largest absolute Gasteiger partial charge is 0.492 e. The van der Waals surface area contributed by atoms with Crippen molar-refractivity contribution in [3.8, 4) is 5.75 Å². The van der Waals surface area contributed by atoms with Gasteiger partial charge in [0, 0.05) is 30.4 Å². The number of benzene rings is 1. The third-order valence-electron chi connectivity index (χ3n) is 6.36. The summed E-state index contributed by atoms with van der Waals surface area (Å²) in [4.78, 5) is 20.0. The van der Waals surface area contributed by atoms with E-state index in [0.717, 1.165) is 76.3 Å². The molecule has 2 heterocycles. The number of nitrogens with one attached hydrogen (secondary N) is 2. The van der Waals surface area contributed by atoms with Crippen LogP contribution in [-0.4, -0.2) is 17.5 Å². The van der Waals surface area contributed by atoms with E-state index in [-0.39, 0.29) is 5.91 Å². The fraction of sp³-hybridized carbons (Fsp3) is 0.467. The Morgan fingerprint density at radius 3 is 2.84 bits per heavy atom. The second kappa shape index (κ2) is 14.6. The highest BCUT2D eigenvalue weighted by Crippen LogP contribution is 2.37. The lowest BCUT2D eigenvalue weighted by molar-refractivity contribution is -0.112. The highest BCUT2D eigenvalue weighted by Gasteiger charge is 2.20. The van der Waals surface area contributed by atoms with Crippen LogP contribution in [0, 0.1) is 5.92 Å². The molecule has 1 aliphatic rings. The number of anilines is 2. The molecule has 0 fully saturated rings. The number of ether oxygens (including phenoxy) is 1. The number of nitrogens with zero attached hydrogens (tertiary/aromatic N) is 1. The lowest BCUT2D eigenvalue weighted by atomic mass is 10.1. The van der Waals surface area contributed by atoms with Crippen molar-refractivity contribution in [2.75, 3.05) is 17.2 Å². The van der Waals surface area contributed by atoms with E-state index in [2.05, 4.69) is 78.3 Å². The maximum Gasteiger partial charge on any atom is 0.262 e. The van der Waals surface area contributed by atoms with Crippen LogP contribution in [0.4, 0.5) is 11.5 Å². The monoisotopic (exact) mass is 585 g/mol. The van der Waals surface area contributed by atoms with Gasteiger partial charge in [0.25, 0.3) is 5.91 Å². The first-order valence-corrected chi connectivity index (χ1v) is 14.9. The molecule has 7 heteroatoms. The van der Waals surface area contributed by atoms with E-state index in [4.69, 9.17) is 4.74 Å². The van der Waals surface area contributed by atoms with E-state index in [9.17, 15) is 4.79 Å². The molecule has 37 heavy (non-hydrogen) atoms. The second-order valence-corrected chi connectivity index (χ2v) is 11.8. The predicted molar refractivity (Wildman–Crippen MR) is 161 cm³/mol. The Hall–Kier alpha value is -2.25. The van der Waals surface area contributed by atoms with Crippen LogP contribution in [0.5, 0.6) is 5.75 Å². The van der Waals surface area contributed by atoms with Gasteiger partial charge in [-0.25, -0.2) is 4.98 Å². The number of hydrogen-bond acceptors (Lipinski definition) is 5. The molecule has 1 aliphatic heterocycles.